The van der Waals surface area contributed by atoms with Crippen LogP contribution in [0.25, 0.3) is 0 Å². The summed E-state index contributed by atoms with van der Waals surface area (Å²) in [7, 11) is 6.11. The Kier molecular flexibility index (Phi) is 1.26. The molecule has 0 unspecified atom stereocenters. The van der Waals surface area contributed by atoms with E-state index < -0.39 is 0 Å². The van der Waals surface area contributed by atoms with Gasteiger partial charge in [-0.15, -0.1) is 0 Å². The second-order valence-corrected chi connectivity index (χ2v) is 1.76. The molecule has 0 aliphatic carbocycles. The van der Waals surface area contributed by atoms with Gasteiger partial charge in [0.1, 0.15) is 0 Å². The summed E-state index contributed by atoms with van der Waals surface area (Å²) in [6, 6.07) is 0. The molecule has 1 nitrogen and oxygen atoms in total. The van der Waals surface area contributed by atoms with Crippen molar-refractivity contribution in [2.45, 2.75) is 6.92 Å². The normalized spacial score (nSPS) is 16.9. The van der Waals surface area contributed by atoms with Crippen LogP contribution in [0.2, 0.25) is 0 Å². The summed E-state index contributed by atoms with van der Waals surface area (Å²) in [6.07, 6.45) is 0. The molecule has 7 heavy (non-hydrogen) atoms. The van der Waals surface area contributed by atoms with E-state index in [0.29, 0.717) is 0 Å². The van der Waals surface area contributed by atoms with E-state index in [2.05, 4.69) is 18.5 Å². The zero-order valence-corrected chi connectivity index (χ0v) is 4.68. The van der Waals surface area contributed by atoms with Crippen molar-refractivity contribution in [3.63, 3.8) is 0 Å². The maximum absolute atomic E-state index is 2.08. The molecule has 0 N–H and O–H groups in total. The predicted molar refractivity (Wildman–Crippen MR) is 35.7 cm³/mol. The summed E-state index contributed by atoms with van der Waals surface area (Å²) in [5.74, 6) is 0. The fraction of sp³-hybridized carbons (Fsp3) is 0.667. The number of nitrogens with zero attached hydrogens (tertiary/aromatic N) is 1. The molecule has 0 bridgehead atoms. The van der Waals surface area contributed by atoms with Gasteiger partial charge in [-0.1, -0.05) is 0 Å². The van der Waals surface area contributed by atoms with Crippen LogP contribution in [0.4, 0.5) is 0 Å². The van der Waals surface area contributed by atoms with Crippen LogP contribution in [0, 0.1) is 0 Å². The third kappa shape index (κ3) is 0.900. The van der Waals surface area contributed by atoms with Crippen LogP contribution in [-0.2, 0) is 0 Å². The molecule has 0 aromatic heterocycles. The maximum atomic E-state index is 2.08. The molecule has 32 valence electrons. The first kappa shape index (κ1) is 5.01. The quantitative estimate of drug-likeness (QED) is 0.341. The summed E-state index contributed by atoms with van der Waals surface area (Å²) >= 11 is 0. The molecule has 0 aromatic rings. The molecule has 1 aliphatic rings. The summed E-state index contributed by atoms with van der Waals surface area (Å²) in [6.45, 7) is 4.17. The van der Waals surface area contributed by atoms with Crippen molar-refractivity contribution in [3.8, 4) is 0 Å². The molecular weight excluding hydrogens is 82.5 g/mol. The number of hydrogen-bond acceptors (Lipinski definition) is 1. The molecule has 1 rings (SSSR count). The Balaban J connectivity index is 2.54. The third-order valence-electron chi connectivity index (χ3n) is 1.20. The van der Waals surface area contributed by atoms with E-state index >= 15 is 0 Å². The van der Waals surface area contributed by atoms with Crippen molar-refractivity contribution in [3.05, 3.63) is 0 Å². The van der Waals surface area contributed by atoms with Gasteiger partial charge in [-0.3, -0.25) is 0 Å². The molecule has 0 fully saturated rings. The van der Waals surface area contributed by atoms with Gasteiger partial charge >= 0.3 is 45.5 Å². The van der Waals surface area contributed by atoms with Crippen molar-refractivity contribution < 1.29 is 0 Å². The van der Waals surface area contributed by atoms with E-state index in [9.17, 15) is 0 Å². The summed E-state index contributed by atoms with van der Waals surface area (Å²) in [5.41, 5.74) is 1.31. The van der Waals surface area contributed by atoms with E-state index in [0.717, 1.165) is 0 Å². The van der Waals surface area contributed by atoms with Gasteiger partial charge in [0.15, 0.2) is 0 Å². The van der Waals surface area contributed by atoms with Gasteiger partial charge in [0.25, 0.3) is 0 Å². The van der Waals surface area contributed by atoms with E-state index in [4.69, 9.17) is 0 Å². The third-order valence-corrected chi connectivity index (χ3v) is 1.20. The summed E-state index contributed by atoms with van der Waals surface area (Å²) in [4.78, 5) is 2.08. The molecule has 0 atom stereocenters. The molecule has 2 radical (unpaired) electrons. The number of rotatable bonds is 0. The Bertz CT molecular complexity index is 100. The van der Waals surface area contributed by atoms with Crippen LogP contribution in [-0.4, -0.2) is 38.6 Å². The standard InChI is InChI=1S/C3H6B3N/c1-3-4-5-6-7(3)2/h1-2H3. The van der Waals surface area contributed by atoms with Crippen molar-refractivity contribution in [2.24, 2.45) is 0 Å². The molecule has 1 aliphatic heterocycles. The van der Waals surface area contributed by atoms with Crippen LogP contribution in [0.1, 0.15) is 6.92 Å². The molecule has 4 heteroatoms. The Labute approximate surface area is 46.5 Å². The Morgan fingerprint density at radius 3 is 2.43 bits per heavy atom. The van der Waals surface area contributed by atoms with Crippen LogP contribution in [0.15, 0.2) is 0 Å². The Hall–Kier alpha value is -0.135. The van der Waals surface area contributed by atoms with Gasteiger partial charge < -0.3 is 0 Å². The van der Waals surface area contributed by atoms with Gasteiger partial charge in [0, 0.05) is 0 Å². The van der Waals surface area contributed by atoms with Crippen molar-refractivity contribution >= 4 is 26.8 Å². The first-order valence-corrected chi connectivity index (χ1v) is 2.38. The summed E-state index contributed by atoms with van der Waals surface area (Å²) in [5, 5.41) is 0. The first-order valence-electron chi connectivity index (χ1n) is 2.38. The van der Waals surface area contributed by atoms with Crippen molar-refractivity contribution in [1.29, 1.82) is 0 Å². The molecular formula is C3H6B3N. The van der Waals surface area contributed by atoms with E-state index in [1.54, 1.807) is 0 Å². The topological polar surface area (TPSA) is 3.24 Å². The second kappa shape index (κ2) is 1.77. The molecule has 0 saturated heterocycles. The van der Waals surface area contributed by atoms with Gasteiger partial charge in [0.2, 0.25) is 0 Å². The van der Waals surface area contributed by atoms with Gasteiger partial charge in [-0.05, 0) is 0 Å². The zero-order chi connectivity index (χ0) is 5.28. The molecule has 0 aromatic carbocycles. The number of hydrogen-bond donors (Lipinski definition) is 0. The van der Waals surface area contributed by atoms with Gasteiger partial charge in [0.05, 0.1) is 0 Å². The Morgan fingerprint density at radius 1 is 1.57 bits per heavy atom. The second-order valence-electron chi connectivity index (χ2n) is 1.76. The van der Waals surface area contributed by atoms with Crippen LogP contribution in [0.5, 0.6) is 0 Å². The van der Waals surface area contributed by atoms with Crippen molar-refractivity contribution in [1.82, 2.24) is 4.81 Å². The summed E-state index contributed by atoms with van der Waals surface area (Å²) < 4.78 is 0. The average molecular weight is 88.5 g/mol. The average Bonchev–Trinajstić information content (AvgIpc) is 1.91. The van der Waals surface area contributed by atoms with E-state index in [1.807, 2.05) is 21.4 Å². The van der Waals surface area contributed by atoms with Crippen LogP contribution >= 0.6 is 0 Å². The molecule has 0 saturated carbocycles. The van der Waals surface area contributed by atoms with Crippen LogP contribution in [0.3, 0.4) is 0 Å². The molecule has 0 spiro atoms. The van der Waals surface area contributed by atoms with Gasteiger partial charge in [-0.25, -0.2) is 0 Å². The minimum atomic E-state index is 1.31. The molecule has 0 amide bonds. The van der Waals surface area contributed by atoms with E-state index in [-0.39, 0.29) is 0 Å². The minimum absolute atomic E-state index is 1.31. The SMILES string of the molecule is CC1=B[B][B]N1C. The Morgan fingerprint density at radius 2 is 2.29 bits per heavy atom. The molecule has 1 heterocycles. The zero-order valence-electron chi connectivity index (χ0n) is 4.68. The first-order chi connectivity index (χ1) is 3.30. The van der Waals surface area contributed by atoms with Crippen molar-refractivity contribution in [2.75, 3.05) is 7.05 Å². The fourth-order valence-corrected chi connectivity index (χ4v) is 0.547. The van der Waals surface area contributed by atoms with E-state index in [1.165, 1.54) is 5.59 Å². The predicted octanol–water partition coefficient (Wildman–Crippen LogP) is -1.06. The van der Waals surface area contributed by atoms with Gasteiger partial charge in [-0.2, -0.15) is 0 Å². The monoisotopic (exact) mass is 89.1 g/mol. The fourth-order valence-electron chi connectivity index (χ4n) is 0.547. The van der Waals surface area contributed by atoms with Crippen LogP contribution < -0.4 is 0 Å².